The third-order valence-electron chi connectivity index (χ3n) is 2.89. The number of benzene rings is 2. The minimum Gasteiger partial charge on any atom is -0.497 e. The highest BCUT2D eigenvalue weighted by Crippen LogP contribution is 2.27. The van der Waals surface area contributed by atoms with E-state index in [0.29, 0.717) is 0 Å². The van der Waals surface area contributed by atoms with Crippen LogP contribution < -0.4 is 4.74 Å². The fourth-order valence-electron chi connectivity index (χ4n) is 2.01. The summed E-state index contributed by atoms with van der Waals surface area (Å²) in [6.45, 7) is 0. The molecule has 3 rings (SSSR count). The van der Waals surface area contributed by atoms with Crippen molar-refractivity contribution < 1.29 is 4.74 Å². The van der Waals surface area contributed by atoms with E-state index >= 15 is 0 Å². The van der Waals surface area contributed by atoms with Crippen LogP contribution in [0.3, 0.4) is 0 Å². The van der Waals surface area contributed by atoms with Gasteiger partial charge in [-0.15, -0.1) is 0 Å². The molecule has 0 fully saturated rings. The molecule has 0 spiro atoms. The van der Waals surface area contributed by atoms with E-state index < -0.39 is 0 Å². The van der Waals surface area contributed by atoms with Crippen molar-refractivity contribution in [3.05, 3.63) is 54.9 Å². The largest absolute Gasteiger partial charge is 0.497 e. The number of para-hydroxylation sites is 1. The summed E-state index contributed by atoms with van der Waals surface area (Å²) >= 11 is 0. The highest BCUT2D eigenvalue weighted by Gasteiger charge is 2.06. The smallest absolute Gasteiger partial charge is 0.119 e. The molecule has 0 saturated heterocycles. The van der Waals surface area contributed by atoms with Crippen LogP contribution in [0.15, 0.2) is 54.9 Å². The van der Waals surface area contributed by atoms with E-state index in [4.69, 9.17) is 4.74 Å². The lowest BCUT2D eigenvalue weighted by atomic mass is 10.1. The van der Waals surface area contributed by atoms with Crippen LogP contribution in [0, 0.1) is 0 Å². The minimum absolute atomic E-state index is 0.829. The molecule has 3 nitrogen and oxygen atoms in total. The Kier molecular flexibility index (Phi) is 2.65. The van der Waals surface area contributed by atoms with Gasteiger partial charge in [0.2, 0.25) is 0 Å². The first kappa shape index (κ1) is 10.7. The maximum atomic E-state index is 5.24. The molecule has 0 amide bonds. The average molecular weight is 236 g/mol. The second kappa shape index (κ2) is 4.45. The lowest BCUT2D eigenvalue weighted by Gasteiger charge is -2.06. The molecule has 0 aliphatic heterocycles. The van der Waals surface area contributed by atoms with Gasteiger partial charge in [-0.1, -0.05) is 30.3 Å². The number of hydrogen-bond donors (Lipinski definition) is 0. The second-order valence-electron chi connectivity index (χ2n) is 3.97. The van der Waals surface area contributed by atoms with E-state index in [1.807, 2.05) is 48.5 Å². The first-order valence-electron chi connectivity index (χ1n) is 5.72. The summed E-state index contributed by atoms with van der Waals surface area (Å²) in [6.07, 6.45) is 1.59. The molecular formula is C15H12N2O. The Hall–Kier alpha value is -2.42. The summed E-state index contributed by atoms with van der Waals surface area (Å²) in [5.41, 5.74) is 2.91. The Labute approximate surface area is 105 Å². The van der Waals surface area contributed by atoms with Gasteiger partial charge >= 0.3 is 0 Å². The minimum atomic E-state index is 0.829. The van der Waals surface area contributed by atoms with Gasteiger partial charge in [-0.25, -0.2) is 9.97 Å². The van der Waals surface area contributed by atoms with Gasteiger partial charge in [-0.05, 0) is 18.2 Å². The third kappa shape index (κ3) is 1.80. The maximum absolute atomic E-state index is 5.24. The molecule has 1 aromatic heterocycles. The number of nitrogens with zero attached hydrogens (tertiary/aromatic N) is 2. The van der Waals surface area contributed by atoms with Crippen LogP contribution in [0.25, 0.3) is 22.2 Å². The van der Waals surface area contributed by atoms with E-state index in [1.54, 1.807) is 13.4 Å². The molecule has 0 saturated carbocycles. The van der Waals surface area contributed by atoms with E-state index in [-0.39, 0.29) is 0 Å². The summed E-state index contributed by atoms with van der Waals surface area (Å²) in [5, 5.41) is 1.05. The molecule has 0 N–H and O–H groups in total. The van der Waals surface area contributed by atoms with Gasteiger partial charge in [0.15, 0.2) is 0 Å². The topological polar surface area (TPSA) is 35.0 Å². The van der Waals surface area contributed by atoms with Gasteiger partial charge < -0.3 is 4.74 Å². The number of fused-ring (bicyclic) bond motifs is 1. The number of hydrogen-bond acceptors (Lipinski definition) is 3. The molecule has 0 bridgehead atoms. The molecule has 0 unspecified atom stereocenters. The molecule has 0 radical (unpaired) electrons. The van der Waals surface area contributed by atoms with Crippen LogP contribution >= 0.6 is 0 Å². The van der Waals surface area contributed by atoms with Crippen molar-refractivity contribution in [3.63, 3.8) is 0 Å². The summed E-state index contributed by atoms with van der Waals surface area (Å²) in [6, 6.07) is 15.9. The third-order valence-corrected chi connectivity index (χ3v) is 2.89. The number of ether oxygens (including phenoxy) is 1. The Balaban J connectivity index is 2.24. The second-order valence-corrected chi connectivity index (χ2v) is 3.97. The highest BCUT2D eigenvalue weighted by molar-refractivity contribution is 5.92. The Bertz CT molecular complexity index is 689. The van der Waals surface area contributed by atoms with E-state index in [2.05, 4.69) is 9.97 Å². The van der Waals surface area contributed by atoms with Crippen LogP contribution in [-0.4, -0.2) is 17.1 Å². The molecule has 88 valence electrons. The van der Waals surface area contributed by atoms with Crippen LogP contribution in [0.5, 0.6) is 5.75 Å². The van der Waals surface area contributed by atoms with Crippen molar-refractivity contribution in [2.75, 3.05) is 7.11 Å². The number of rotatable bonds is 2. The predicted octanol–water partition coefficient (Wildman–Crippen LogP) is 3.31. The Morgan fingerprint density at radius 3 is 2.72 bits per heavy atom. The van der Waals surface area contributed by atoms with Crippen LogP contribution in [0.1, 0.15) is 0 Å². The Morgan fingerprint density at radius 2 is 1.83 bits per heavy atom. The molecule has 0 aliphatic carbocycles. The normalized spacial score (nSPS) is 10.5. The van der Waals surface area contributed by atoms with E-state index in [1.165, 1.54) is 0 Å². The van der Waals surface area contributed by atoms with Gasteiger partial charge in [0, 0.05) is 10.9 Å². The monoisotopic (exact) mass is 236 g/mol. The molecule has 2 aromatic carbocycles. The summed E-state index contributed by atoms with van der Waals surface area (Å²) < 4.78 is 5.24. The van der Waals surface area contributed by atoms with Crippen LogP contribution in [0.4, 0.5) is 0 Å². The molecule has 3 heteroatoms. The molecule has 0 aliphatic rings. The van der Waals surface area contributed by atoms with E-state index in [0.717, 1.165) is 27.9 Å². The van der Waals surface area contributed by atoms with Crippen molar-refractivity contribution in [1.82, 2.24) is 9.97 Å². The number of aromatic nitrogens is 2. The van der Waals surface area contributed by atoms with Crippen molar-refractivity contribution in [3.8, 4) is 17.0 Å². The van der Waals surface area contributed by atoms with Gasteiger partial charge in [-0.3, -0.25) is 0 Å². The lowest BCUT2D eigenvalue weighted by molar-refractivity contribution is 0.415. The Morgan fingerprint density at radius 1 is 0.944 bits per heavy atom. The van der Waals surface area contributed by atoms with E-state index in [9.17, 15) is 0 Å². The van der Waals surface area contributed by atoms with Gasteiger partial charge in [0.05, 0.1) is 18.3 Å². The number of methoxy groups -OCH3 is 1. The van der Waals surface area contributed by atoms with Crippen molar-refractivity contribution in [2.24, 2.45) is 0 Å². The molecule has 1 heterocycles. The molecule has 3 aromatic rings. The zero-order chi connectivity index (χ0) is 12.4. The fraction of sp³-hybridized carbons (Fsp3) is 0.0667. The van der Waals surface area contributed by atoms with Crippen molar-refractivity contribution >= 4 is 10.9 Å². The average Bonchev–Trinajstić information content (AvgIpc) is 2.47. The van der Waals surface area contributed by atoms with Crippen LogP contribution in [-0.2, 0) is 0 Å². The zero-order valence-corrected chi connectivity index (χ0v) is 10.00. The highest BCUT2D eigenvalue weighted by atomic mass is 16.5. The molecule has 18 heavy (non-hydrogen) atoms. The van der Waals surface area contributed by atoms with Gasteiger partial charge in [-0.2, -0.15) is 0 Å². The van der Waals surface area contributed by atoms with Gasteiger partial charge in [0.1, 0.15) is 12.1 Å². The first-order valence-corrected chi connectivity index (χ1v) is 5.72. The fourth-order valence-corrected chi connectivity index (χ4v) is 2.01. The zero-order valence-electron chi connectivity index (χ0n) is 10.00. The maximum Gasteiger partial charge on any atom is 0.119 e. The summed E-state index contributed by atoms with van der Waals surface area (Å²) in [7, 11) is 1.66. The molecule has 0 atom stereocenters. The summed E-state index contributed by atoms with van der Waals surface area (Å²) in [5.74, 6) is 0.829. The standard InChI is InChI=1S/C15H12N2O/c1-18-12-6-4-5-11(9-12)15-13-7-2-3-8-14(13)16-10-17-15/h2-10H,1H3. The SMILES string of the molecule is COc1cccc(-c2ncnc3ccccc23)c1. The van der Waals surface area contributed by atoms with Gasteiger partial charge in [0.25, 0.3) is 0 Å². The summed E-state index contributed by atoms with van der Waals surface area (Å²) in [4.78, 5) is 8.65. The van der Waals surface area contributed by atoms with Crippen molar-refractivity contribution in [1.29, 1.82) is 0 Å². The quantitative estimate of drug-likeness (QED) is 0.684. The lowest BCUT2D eigenvalue weighted by Crippen LogP contribution is -1.89. The molecular weight excluding hydrogens is 224 g/mol. The van der Waals surface area contributed by atoms with Crippen LogP contribution in [0.2, 0.25) is 0 Å². The van der Waals surface area contributed by atoms with Crippen molar-refractivity contribution in [2.45, 2.75) is 0 Å². The first-order chi connectivity index (χ1) is 8.88. The predicted molar refractivity (Wildman–Crippen MR) is 71.5 cm³/mol.